The lowest BCUT2D eigenvalue weighted by Gasteiger charge is -2.13. The number of aryl methyl sites for hydroxylation is 1. The fourth-order valence-electron chi connectivity index (χ4n) is 2.81. The fraction of sp³-hybridized carbons (Fsp3) is 0.643. The minimum atomic E-state index is 0.371. The summed E-state index contributed by atoms with van der Waals surface area (Å²) in [5.74, 6) is 3.56. The Bertz CT molecular complexity index is 602. The number of hydrogen-bond acceptors (Lipinski definition) is 6. The van der Waals surface area contributed by atoms with Gasteiger partial charge in [-0.05, 0) is 32.7 Å². The second-order valence-electron chi connectivity index (χ2n) is 5.89. The van der Waals surface area contributed by atoms with Gasteiger partial charge in [-0.15, -0.1) is 0 Å². The Balaban J connectivity index is 1.40. The van der Waals surface area contributed by atoms with Crippen molar-refractivity contribution in [2.45, 2.75) is 44.6 Å². The van der Waals surface area contributed by atoms with E-state index in [1.165, 1.54) is 12.8 Å². The zero-order valence-electron chi connectivity index (χ0n) is 11.6. The van der Waals surface area contributed by atoms with E-state index in [0.29, 0.717) is 11.8 Å². The van der Waals surface area contributed by atoms with E-state index < -0.39 is 0 Å². The molecule has 2 aliphatic rings. The lowest BCUT2D eigenvalue weighted by molar-refractivity contribution is 0.306. The van der Waals surface area contributed by atoms with Gasteiger partial charge in [0.15, 0.2) is 5.82 Å². The van der Waals surface area contributed by atoms with Crippen molar-refractivity contribution in [3.8, 4) is 0 Å². The van der Waals surface area contributed by atoms with E-state index in [-0.39, 0.29) is 0 Å². The summed E-state index contributed by atoms with van der Waals surface area (Å²) in [6, 6.07) is 0. The van der Waals surface area contributed by atoms with E-state index in [2.05, 4.69) is 20.2 Å². The zero-order chi connectivity index (χ0) is 13.5. The third-order valence-electron chi connectivity index (χ3n) is 4.27. The second-order valence-corrected chi connectivity index (χ2v) is 5.89. The highest BCUT2D eigenvalue weighted by molar-refractivity contribution is 5.12. The van der Waals surface area contributed by atoms with E-state index >= 15 is 0 Å². The summed E-state index contributed by atoms with van der Waals surface area (Å²) >= 11 is 0. The molecule has 0 bridgehead atoms. The molecule has 2 fully saturated rings. The van der Waals surface area contributed by atoms with Crippen LogP contribution in [0.4, 0.5) is 0 Å². The van der Waals surface area contributed by atoms with Gasteiger partial charge in [0.1, 0.15) is 5.76 Å². The van der Waals surface area contributed by atoms with Gasteiger partial charge in [-0.1, -0.05) is 10.3 Å². The summed E-state index contributed by atoms with van der Waals surface area (Å²) in [7, 11) is 0. The molecule has 106 valence electrons. The lowest BCUT2D eigenvalue weighted by Crippen LogP contribution is -2.19. The molecule has 20 heavy (non-hydrogen) atoms. The highest BCUT2D eigenvalue weighted by Gasteiger charge is 2.32. The molecular weight excluding hydrogens is 256 g/mol. The molecule has 2 aromatic rings. The molecular formula is C14H18N4O2. The van der Waals surface area contributed by atoms with Crippen LogP contribution in [0.5, 0.6) is 0 Å². The van der Waals surface area contributed by atoms with Crippen LogP contribution in [0.15, 0.2) is 15.2 Å². The van der Waals surface area contributed by atoms with Crippen molar-refractivity contribution in [2.75, 3.05) is 13.1 Å². The standard InChI is InChI=1S/C14H18N4O2/c1-9-12(6-15-19-9)8-18-5-4-11(7-18)14-16-13(17-20-14)10-2-3-10/h6,10-11H,2-5,7-8H2,1H3/t11-/m0/s1. The molecule has 6 heteroatoms. The second kappa shape index (κ2) is 4.70. The summed E-state index contributed by atoms with van der Waals surface area (Å²) in [6.07, 6.45) is 5.31. The molecule has 0 unspecified atom stereocenters. The van der Waals surface area contributed by atoms with Crippen LogP contribution < -0.4 is 0 Å². The molecule has 4 rings (SSSR count). The van der Waals surface area contributed by atoms with Crippen molar-refractivity contribution in [2.24, 2.45) is 0 Å². The highest BCUT2D eigenvalue weighted by Crippen LogP contribution is 2.39. The van der Waals surface area contributed by atoms with E-state index in [1.807, 2.05) is 6.92 Å². The third-order valence-corrected chi connectivity index (χ3v) is 4.27. The molecule has 0 amide bonds. The molecule has 1 saturated heterocycles. The minimum absolute atomic E-state index is 0.371. The molecule has 0 aromatic carbocycles. The normalized spacial score (nSPS) is 23.6. The Morgan fingerprint density at radius 2 is 2.15 bits per heavy atom. The monoisotopic (exact) mass is 274 g/mol. The molecule has 1 aliphatic carbocycles. The average molecular weight is 274 g/mol. The van der Waals surface area contributed by atoms with Gasteiger partial charge in [0.2, 0.25) is 5.89 Å². The molecule has 1 atom stereocenters. The van der Waals surface area contributed by atoms with Crippen molar-refractivity contribution in [3.05, 3.63) is 29.2 Å². The van der Waals surface area contributed by atoms with Crippen LogP contribution in [0, 0.1) is 6.92 Å². The predicted molar refractivity (Wildman–Crippen MR) is 70.1 cm³/mol. The van der Waals surface area contributed by atoms with E-state index in [1.54, 1.807) is 6.20 Å². The van der Waals surface area contributed by atoms with Crippen molar-refractivity contribution >= 4 is 0 Å². The number of nitrogens with zero attached hydrogens (tertiary/aromatic N) is 4. The molecule has 0 N–H and O–H groups in total. The Morgan fingerprint density at radius 1 is 1.25 bits per heavy atom. The summed E-state index contributed by atoms with van der Waals surface area (Å²) in [6.45, 7) is 4.86. The van der Waals surface area contributed by atoms with Crippen LogP contribution in [0.1, 0.15) is 54.1 Å². The van der Waals surface area contributed by atoms with Crippen LogP contribution in [-0.4, -0.2) is 33.3 Å². The van der Waals surface area contributed by atoms with Crippen LogP contribution >= 0.6 is 0 Å². The van der Waals surface area contributed by atoms with Crippen molar-refractivity contribution < 1.29 is 9.05 Å². The molecule has 6 nitrogen and oxygen atoms in total. The predicted octanol–water partition coefficient (Wildman–Crippen LogP) is 2.23. The average Bonchev–Trinajstić information content (AvgIpc) is 2.88. The van der Waals surface area contributed by atoms with Gasteiger partial charge in [-0.25, -0.2) is 0 Å². The van der Waals surface area contributed by atoms with Crippen molar-refractivity contribution in [3.63, 3.8) is 0 Å². The minimum Gasteiger partial charge on any atom is -0.361 e. The first-order chi connectivity index (χ1) is 9.79. The molecule has 1 aliphatic heterocycles. The largest absolute Gasteiger partial charge is 0.361 e. The Labute approximate surface area is 117 Å². The number of hydrogen-bond donors (Lipinski definition) is 0. The smallest absolute Gasteiger partial charge is 0.231 e. The van der Waals surface area contributed by atoms with Gasteiger partial charge in [-0.3, -0.25) is 4.90 Å². The van der Waals surface area contributed by atoms with E-state index in [9.17, 15) is 0 Å². The fourth-order valence-corrected chi connectivity index (χ4v) is 2.81. The molecule has 0 spiro atoms. The molecule has 3 heterocycles. The lowest BCUT2D eigenvalue weighted by atomic mass is 10.1. The first-order valence-electron chi connectivity index (χ1n) is 7.25. The van der Waals surface area contributed by atoms with E-state index in [0.717, 1.165) is 49.1 Å². The molecule has 1 saturated carbocycles. The van der Waals surface area contributed by atoms with E-state index in [4.69, 9.17) is 9.05 Å². The summed E-state index contributed by atoms with van der Waals surface area (Å²) in [5, 5.41) is 7.94. The number of likely N-dealkylation sites (tertiary alicyclic amines) is 1. The Morgan fingerprint density at radius 3 is 2.90 bits per heavy atom. The van der Waals surface area contributed by atoms with Gasteiger partial charge < -0.3 is 9.05 Å². The van der Waals surface area contributed by atoms with Gasteiger partial charge in [0.25, 0.3) is 0 Å². The van der Waals surface area contributed by atoms with Crippen LogP contribution in [0.2, 0.25) is 0 Å². The summed E-state index contributed by atoms with van der Waals surface area (Å²) in [5.41, 5.74) is 1.16. The number of rotatable bonds is 4. The van der Waals surface area contributed by atoms with Crippen LogP contribution in [0.3, 0.4) is 0 Å². The van der Waals surface area contributed by atoms with Crippen molar-refractivity contribution in [1.82, 2.24) is 20.2 Å². The first-order valence-corrected chi connectivity index (χ1v) is 7.25. The maximum absolute atomic E-state index is 5.44. The van der Waals surface area contributed by atoms with Gasteiger partial charge >= 0.3 is 0 Å². The highest BCUT2D eigenvalue weighted by atomic mass is 16.5. The van der Waals surface area contributed by atoms with Gasteiger partial charge in [-0.2, -0.15) is 4.98 Å². The third kappa shape index (κ3) is 2.24. The molecule has 2 aromatic heterocycles. The maximum atomic E-state index is 5.44. The maximum Gasteiger partial charge on any atom is 0.231 e. The number of aromatic nitrogens is 3. The van der Waals surface area contributed by atoms with Crippen LogP contribution in [-0.2, 0) is 6.54 Å². The molecule has 0 radical (unpaired) electrons. The zero-order valence-corrected chi connectivity index (χ0v) is 11.6. The topological polar surface area (TPSA) is 68.2 Å². The Kier molecular flexibility index (Phi) is 2.84. The van der Waals surface area contributed by atoms with Crippen molar-refractivity contribution in [1.29, 1.82) is 0 Å². The van der Waals surface area contributed by atoms with Gasteiger partial charge in [0, 0.05) is 24.6 Å². The quantitative estimate of drug-likeness (QED) is 0.851. The SMILES string of the molecule is Cc1oncc1CN1CC[C@H](c2nc(C3CC3)no2)C1. The summed E-state index contributed by atoms with van der Waals surface area (Å²) < 4.78 is 10.5. The van der Waals surface area contributed by atoms with Gasteiger partial charge in [0.05, 0.1) is 12.1 Å². The van der Waals surface area contributed by atoms with Crippen LogP contribution in [0.25, 0.3) is 0 Å². The Hall–Kier alpha value is -1.69. The first kappa shape index (κ1) is 12.1. The summed E-state index contributed by atoms with van der Waals surface area (Å²) in [4.78, 5) is 6.96.